The van der Waals surface area contributed by atoms with Gasteiger partial charge in [-0.15, -0.1) is 11.3 Å². The molecule has 2 amide bonds. The fourth-order valence-corrected chi connectivity index (χ4v) is 6.14. The number of benzene rings is 1. The van der Waals surface area contributed by atoms with Gasteiger partial charge in [-0.3, -0.25) is 4.79 Å². The van der Waals surface area contributed by atoms with Crippen molar-refractivity contribution in [1.29, 1.82) is 0 Å². The van der Waals surface area contributed by atoms with Crippen LogP contribution in [0.5, 0.6) is 5.95 Å². The van der Waals surface area contributed by atoms with Crippen LogP contribution in [-0.2, 0) is 27.2 Å². The fraction of sp³-hybridized carbons (Fsp3) is 0.444. The summed E-state index contributed by atoms with van der Waals surface area (Å²) in [5.41, 5.74) is 2.07. The first-order chi connectivity index (χ1) is 18.9. The third-order valence-corrected chi connectivity index (χ3v) is 8.20. The molecule has 1 aliphatic heterocycles. The average Bonchev–Trinajstić information content (AvgIpc) is 3.42. The van der Waals surface area contributed by atoms with E-state index in [-0.39, 0.29) is 18.2 Å². The topological polar surface area (TPSA) is 138 Å². The number of amides is 2. The minimum Gasteiger partial charge on any atom is -0.538 e. The molecule has 0 saturated heterocycles. The van der Waals surface area contributed by atoms with Gasteiger partial charge in [-0.2, -0.15) is 0 Å². The maximum absolute atomic E-state index is 13.3. The van der Waals surface area contributed by atoms with Crippen molar-refractivity contribution in [3.63, 3.8) is 0 Å². The number of esters is 1. The number of anilines is 1. The van der Waals surface area contributed by atoms with Crippen molar-refractivity contribution >= 4 is 46.1 Å². The van der Waals surface area contributed by atoms with E-state index >= 15 is 0 Å². The number of nitrogens with zero attached hydrogens (tertiary/aromatic N) is 3. The van der Waals surface area contributed by atoms with E-state index in [2.05, 4.69) is 10.6 Å². The summed E-state index contributed by atoms with van der Waals surface area (Å²) in [5.74, 6) is -1.63. The van der Waals surface area contributed by atoms with Crippen LogP contribution in [0, 0.1) is 6.92 Å². The van der Waals surface area contributed by atoms with E-state index in [1.54, 1.807) is 51.7 Å². The van der Waals surface area contributed by atoms with Gasteiger partial charge < -0.3 is 29.3 Å². The highest BCUT2D eigenvalue weighted by Gasteiger charge is 2.34. The van der Waals surface area contributed by atoms with Gasteiger partial charge in [0, 0.05) is 23.6 Å². The summed E-state index contributed by atoms with van der Waals surface area (Å²) in [6, 6.07) is 7.36. The van der Waals surface area contributed by atoms with Crippen LogP contribution in [0.4, 0.5) is 9.80 Å². The Bertz CT molecular complexity index is 1410. The average molecular weight is 589 g/mol. The van der Waals surface area contributed by atoms with Crippen molar-refractivity contribution < 1.29 is 38.2 Å². The quantitative estimate of drug-likeness (QED) is 0.247. The van der Waals surface area contributed by atoms with Gasteiger partial charge in [-0.25, -0.2) is 9.59 Å². The molecule has 1 N–H and O–H groups in total. The predicted molar refractivity (Wildman–Crippen MR) is 147 cm³/mol. The smallest absolute Gasteiger partial charge is 0.410 e. The van der Waals surface area contributed by atoms with E-state index < -0.39 is 34.8 Å². The zero-order valence-corrected chi connectivity index (χ0v) is 24.9. The van der Waals surface area contributed by atoms with Crippen LogP contribution >= 0.6 is 23.1 Å². The van der Waals surface area contributed by atoms with Crippen molar-refractivity contribution in [3.8, 4) is 11.6 Å². The minimum absolute atomic E-state index is 0.149. The molecular formula is C27H32N4O7S2. The van der Waals surface area contributed by atoms with Gasteiger partial charge in [0.2, 0.25) is 11.6 Å². The van der Waals surface area contributed by atoms with Crippen molar-refractivity contribution in [2.75, 3.05) is 18.5 Å². The maximum Gasteiger partial charge on any atom is 0.410 e. The highest BCUT2D eigenvalue weighted by Crippen LogP contribution is 2.39. The van der Waals surface area contributed by atoms with Crippen LogP contribution in [-0.4, -0.2) is 52.1 Å². The monoisotopic (exact) mass is 588 g/mol. The largest absolute Gasteiger partial charge is 0.538 e. The number of fused-ring (bicyclic) bond motifs is 1. The van der Waals surface area contributed by atoms with Crippen LogP contribution < -0.4 is 15.1 Å². The standard InChI is InChI=1S/C27H32N4O7S2/c1-7-36-24(33)20-18-12-13-30(26(35)37-27(4,5)6)14-19(18)40-22(20)28-21(32)16(3)39-23-25(34)38-29-31(23)17-10-8-15(2)9-11-17/h8-11,16H,7,12-14H2,1-6H3,(H-,28,29,32,33,34). The summed E-state index contributed by atoms with van der Waals surface area (Å²) in [5, 5.41) is 18.8. The van der Waals surface area contributed by atoms with Gasteiger partial charge in [0.1, 0.15) is 10.6 Å². The molecule has 214 valence electrons. The van der Waals surface area contributed by atoms with Crippen LogP contribution in [0.2, 0.25) is 0 Å². The van der Waals surface area contributed by atoms with Crippen molar-refractivity contribution in [1.82, 2.24) is 10.2 Å². The summed E-state index contributed by atoms with van der Waals surface area (Å²) in [6.07, 6.45) is -0.0280. The number of rotatable bonds is 7. The Morgan fingerprint density at radius 1 is 1.27 bits per heavy atom. The van der Waals surface area contributed by atoms with E-state index in [1.807, 2.05) is 19.1 Å². The second-order valence-corrected chi connectivity index (χ2v) is 12.7. The molecule has 0 spiro atoms. The summed E-state index contributed by atoms with van der Waals surface area (Å²) < 4.78 is 17.0. The Morgan fingerprint density at radius 3 is 2.62 bits per heavy atom. The molecule has 1 unspecified atom stereocenters. The van der Waals surface area contributed by atoms with E-state index in [1.165, 1.54) is 16.0 Å². The van der Waals surface area contributed by atoms with Gasteiger partial charge in [0.25, 0.3) is 5.03 Å². The number of aryl methyl sites for hydroxylation is 1. The Balaban J connectivity index is 1.55. The fourth-order valence-electron chi connectivity index (χ4n) is 4.02. The Labute approximate surface area is 240 Å². The number of thioether (sulfide) groups is 1. The summed E-state index contributed by atoms with van der Waals surface area (Å²) in [4.78, 5) is 41.2. The molecule has 11 nitrogen and oxygen atoms in total. The number of carbonyl (C=O) groups is 3. The highest BCUT2D eigenvalue weighted by molar-refractivity contribution is 8.00. The van der Waals surface area contributed by atoms with Gasteiger partial charge >= 0.3 is 12.1 Å². The second kappa shape index (κ2) is 11.9. The molecule has 1 atom stereocenters. The lowest BCUT2D eigenvalue weighted by Crippen LogP contribution is -2.39. The summed E-state index contributed by atoms with van der Waals surface area (Å²) in [7, 11) is 0. The molecule has 40 heavy (non-hydrogen) atoms. The molecule has 0 bridgehead atoms. The number of carbonyl (C=O) groups excluding carboxylic acids is 3. The lowest BCUT2D eigenvalue weighted by molar-refractivity contribution is -0.705. The number of thiophene rings is 1. The number of nitrogens with one attached hydrogen (secondary N) is 1. The first kappa shape index (κ1) is 29.4. The zero-order chi connectivity index (χ0) is 29.2. The van der Waals surface area contributed by atoms with Gasteiger partial charge in [0.05, 0.1) is 29.2 Å². The number of aromatic nitrogens is 2. The normalized spacial score (nSPS) is 13.9. The first-order valence-electron chi connectivity index (χ1n) is 12.8. The van der Waals surface area contributed by atoms with Crippen LogP contribution in [0.1, 0.15) is 61.0 Å². The van der Waals surface area contributed by atoms with Gasteiger partial charge in [-0.05, 0) is 70.0 Å². The number of hydrogen-bond donors (Lipinski definition) is 1. The minimum atomic E-state index is -0.740. The SMILES string of the molecule is CCOC(=O)c1c(NC(=O)C(C)Sc2c([O-])on[n+]2-c2ccc(C)cc2)sc2c1CCN(C(=O)OC(C)(C)C)C2. The lowest BCUT2D eigenvalue weighted by atomic mass is 10.0. The molecule has 3 heterocycles. The third-order valence-electron chi connectivity index (χ3n) is 5.93. The van der Waals surface area contributed by atoms with Gasteiger partial charge in [0.15, 0.2) is 5.95 Å². The molecule has 3 aromatic rings. The molecule has 0 aliphatic carbocycles. The molecule has 0 saturated carbocycles. The van der Waals surface area contributed by atoms with Crippen LogP contribution in [0.25, 0.3) is 5.69 Å². The van der Waals surface area contributed by atoms with E-state index in [4.69, 9.17) is 14.0 Å². The third kappa shape index (κ3) is 6.58. The van der Waals surface area contributed by atoms with E-state index in [9.17, 15) is 19.5 Å². The summed E-state index contributed by atoms with van der Waals surface area (Å²) >= 11 is 2.22. The Morgan fingerprint density at radius 2 is 1.98 bits per heavy atom. The molecule has 1 aliphatic rings. The van der Waals surface area contributed by atoms with E-state index in [0.29, 0.717) is 29.2 Å². The first-order valence-corrected chi connectivity index (χ1v) is 14.5. The maximum atomic E-state index is 13.3. The second-order valence-electron chi connectivity index (χ2n) is 10.2. The van der Waals surface area contributed by atoms with Crippen LogP contribution in [0.3, 0.4) is 0 Å². The molecule has 0 fully saturated rings. The molecular weight excluding hydrogens is 556 g/mol. The van der Waals surface area contributed by atoms with Crippen molar-refractivity contribution in [2.45, 2.75) is 70.4 Å². The van der Waals surface area contributed by atoms with Gasteiger partial charge in [-0.1, -0.05) is 17.7 Å². The molecule has 13 heteroatoms. The lowest BCUT2D eigenvalue weighted by Gasteiger charge is -2.30. The Kier molecular flexibility index (Phi) is 8.74. The van der Waals surface area contributed by atoms with E-state index in [0.717, 1.165) is 27.8 Å². The molecule has 1 aromatic carbocycles. The molecule has 2 aromatic heterocycles. The molecule has 4 rings (SSSR count). The number of hydrogen-bond acceptors (Lipinski definition) is 10. The Hall–Kier alpha value is -3.58. The highest BCUT2D eigenvalue weighted by atomic mass is 32.2. The van der Waals surface area contributed by atoms with Crippen LogP contribution in [0.15, 0.2) is 33.8 Å². The van der Waals surface area contributed by atoms with Crippen molar-refractivity contribution in [2.24, 2.45) is 0 Å². The number of ether oxygens (including phenoxy) is 2. The van der Waals surface area contributed by atoms with Crippen molar-refractivity contribution in [3.05, 3.63) is 45.8 Å². The summed E-state index contributed by atoms with van der Waals surface area (Å²) in [6.45, 7) is 11.5. The zero-order valence-electron chi connectivity index (χ0n) is 23.2. The molecule has 0 radical (unpaired) electrons. The predicted octanol–water partition coefficient (Wildman–Crippen LogP) is 3.98.